The van der Waals surface area contributed by atoms with E-state index < -0.39 is 0 Å². The van der Waals surface area contributed by atoms with E-state index in [9.17, 15) is 9.59 Å². The maximum absolute atomic E-state index is 11.8. The molecule has 0 aliphatic heterocycles. The van der Waals surface area contributed by atoms with Gasteiger partial charge in [-0.1, -0.05) is 12.2 Å². The van der Waals surface area contributed by atoms with Gasteiger partial charge in [0.05, 0.1) is 12.7 Å². The Morgan fingerprint density at radius 1 is 1.31 bits per heavy atom. The highest BCUT2D eigenvalue weighted by molar-refractivity contribution is 6.03. The summed E-state index contributed by atoms with van der Waals surface area (Å²) in [6, 6.07) is 0. The fourth-order valence-electron chi connectivity index (χ4n) is 2.18. The van der Waals surface area contributed by atoms with Crippen LogP contribution in [0.3, 0.4) is 0 Å². The first-order valence-electron chi connectivity index (χ1n) is 5.44. The molecule has 2 rings (SSSR count). The van der Waals surface area contributed by atoms with Gasteiger partial charge in [0.25, 0.3) is 0 Å². The average Bonchev–Trinajstić information content (AvgIpc) is 2.51. The number of hydrogen-bond donors (Lipinski definition) is 0. The normalized spacial score (nSPS) is 20.1. The summed E-state index contributed by atoms with van der Waals surface area (Å²) in [7, 11) is 1.36. The first-order chi connectivity index (χ1) is 7.74. The highest BCUT2D eigenvalue weighted by Gasteiger charge is 2.26. The summed E-state index contributed by atoms with van der Waals surface area (Å²) >= 11 is 0. The fourth-order valence-corrected chi connectivity index (χ4v) is 2.18. The van der Waals surface area contributed by atoms with Crippen molar-refractivity contribution in [1.82, 2.24) is 0 Å². The number of methoxy groups -OCH3 is 1. The maximum Gasteiger partial charge on any atom is 0.338 e. The van der Waals surface area contributed by atoms with Crippen molar-refractivity contribution in [3.8, 4) is 0 Å². The lowest BCUT2D eigenvalue weighted by Gasteiger charge is -2.18. The average molecular weight is 218 g/mol. The molecule has 0 heterocycles. The monoisotopic (exact) mass is 218 g/mol. The van der Waals surface area contributed by atoms with E-state index in [1.807, 2.05) is 12.2 Å². The van der Waals surface area contributed by atoms with Crippen LogP contribution in [0, 0.1) is 0 Å². The van der Waals surface area contributed by atoms with Crippen molar-refractivity contribution in [2.75, 3.05) is 7.11 Å². The van der Waals surface area contributed by atoms with Gasteiger partial charge < -0.3 is 4.74 Å². The summed E-state index contributed by atoms with van der Waals surface area (Å²) in [6.45, 7) is 0. The molecule has 0 saturated heterocycles. The van der Waals surface area contributed by atoms with Crippen LogP contribution in [0.1, 0.15) is 25.7 Å². The van der Waals surface area contributed by atoms with Gasteiger partial charge in [-0.25, -0.2) is 4.79 Å². The molecule has 3 nitrogen and oxygen atoms in total. The van der Waals surface area contributed by atoms with E-state index in [1.165, 1.54) is 7.11 Å². The molecule has 0 unspecified atom stereocenters. The van der Waals surface area contributed by atoms with E-state index in [1.54, 1.807) is 6.08 Å². The van der Waals surface area contributed by atoms with E-state index >= 15 is 0 Å². The molecule has 0 radical (unpaired) electrons. The van der Waals surface area contributed by atoms with Crippen LogP contribution < -0.4 is 0 Å². The zero-order valence-electron chi connectivity index (χ0n) is 9.29. The van der Waals surface area contributed by atoms with Gasteiger partial charge in [-0.15, -0.1) is 0 Å². The molecule has 0 aromatic heterocycles. The minimum absolute atomic E-state index is 0.169. The van der Waals surface area contributed by atoms with Crippen molar-refractivity contribution in [3.05, 3.63) is 34.9 Å². The van der Waals surface area contributed by atoms with Crippen molar-refractivity contribution in [2.24, 2.45) is 0 Å². The number of ketones is 1. The Balaban J connectivity index is 2.46. The number of carbonyl (C=O) groups excluding carboxylic acids is 2. The summed E-state index contributed by atoms with van der Waals surface area (Å²) in [6.07, 6.45) is 8.32. The summed E-state index contributed by atoms with van der Waals surface area (Å²) in [5.74, 6) is -0.184. The number of hydrogen-bond acceptors (Lipinski definition) is 3. The highest BCUT2D eigenvalue weighted by atomic mass is 16.5. The molecule has 0 spiro atoms. The minimum atomic E-state index is -0.353. The van der Waals surface area contributed by atoms with E-state index in [-0.39, 0.29) is 11.8 Å². The van der Waals surface area contributed by atoms with E-state index in [0.29, 0.717) is 18.4 Å². The van der Waals surface area contributed by atoms with Gasteiger partial charge in [-0.3, -0.25) is 4.79 Å². The van der Waals surface area contributed by atoms with Gasteiger partial charge in [-0.2, -0.15) is 0 Å². The van der Waals surface area contributed by atoms with Crippen LogP contribution in [-0.4, -0.2) is 18.9 Å². The molecule has 0 saturated carbocycles. The van der Waals surface area contributed by atoms with Gasteiger partial charge in [0.1, 0.15) is 0 Å². The second kappa shape index (κ2) is 4.47. The molecule has 3 heteroatoms. The Morgan fingerprint density at radius 2 is 2.12 bits per heavy atom. The molecule has 16 heavy (non-hydrogen) atoms. The number of esters is 1. The number of carbonyl (C=O) groups is 2. The molecule has 0 N–H and O–H groups in total. The molecular formula is C13H14O3. The van der Waals surface area contributed by atoms with Crippen LogP contribution >= 0.6 is 0 Å². The molecular weight excluding hydrogens is 204 g/mol. The third-order valence-electron chi connectivity index (χ3n) is 2.98. The lowest BCUT2D eigenvalue weighted by Crippen LogP contribution is -2.16. The number of allylic oxidation sites excluding steroid dienone is 4. The lowest BCUT2D eigenvalue weighted by molar-refractivity contribution is -0.135. The summed E-state index contributed by atoms with van der Waals surface area (Å²) in [5, 5.41) is 0. The molecule has 0 aromatic rings. The predicted molar refractivity (Wildman–Crippen MR) is 59.7 cm³/mol. The largest absolute Gasteiger partial charge is 0.465 e. The molecule has 0 amide bonds. The number of Topliss-reactive ketones (excluding diaryl/α,β-unsaturated/α-hetero) is 1. The summed E-state index contributed by atoms with van der Waals surface area (Å²) < 4.78 is 4.74. The minimum Gasteiger partial charge on any atom is -0.465 e. The molecule has 0 fully saturated rings. The maximum atomic E-state index is 11.8. The Kier molecular flexibility index (Phi) is 3.04. The second-order valence-corrected chi connectivity index (χ2v) is 3.94. The van der Waals surface area contributed by atoms with Crippen LogP contribution in [0.2, 0.25) is 0 Å². The predicted octanol–water partition coefficient (Wildman–Crippen LogP) is 2.10. The van der Waals surface area contributed by atoms with Crippen molar-refractivity contribution < 1.29 is 14.3 Å². The van der Waals surface area contributed by atoms with Gasteiger partial charge in [0.15, 0.2) is 5.78 Å². The Bertz CT molecular complexity index is 424. The van der Waals surface area contributed by atoms with Crippen LogP contribution in [-0.2, 0) is 14.3 Å². The van der Waals surface area contributed by atoms with Gasteiger partial charge in [-0.05, 0) is 30.9 Å². The van der Waals surface area contributed by atoms with Crippen molar-refractivity contribution >= 4 is 11.8 Å². The van der Waals surface area contributed by atoms with Crippen LogP contribution in [0.4, 0.5) is 0 Å². The highest BCUT2D eigenvalue weighted by Crippen LogP contribution is 2.32. The SMILES string of the molecule is COC(=O)C1=CC=CCC2=C1CCCC2=O. The van der Waals surface area contributed by atoms with Crippen molar-refractivity contribution in [3.63, 3.8) is 0 Å². The van der Waals surface area contributed by atoms with Crippen LogP contribution in [0.5, 0.6) is 0 Å². The number of ether oxygens (including phenoxy) is 1. The molecule has 2 aliphatic carbocycles. The van der Waals surface area contributed by atoms with Gasteiger partial charge in [0, 0.05) is 12.0 Å². The van der Waals surface area contributed by atoms with E-state index in [2.05, 4.69) is 0 Å². The molecule has 0 bridgehead atoms. The van der Waals surface area contributed by atoms with Gasteiger partial charge >= 0.3 is 5.97 Å². The Hall–Kier alpha value is -1.64. The zero-order valence-corrected chi connectivity index (χ0v) is 9.29. The standard InChI is InChI=1S/C13H14O3/c1-16-13(15)11-6-3-2-5-10-9(11)7-4-8-12(10)14/h2-3,6H,4-5,7-8H2,1H3. The third kappa shape index (κ3) is 1.85. The van der Waals surface area contributed by atoms with Crippen molar-refractivity contribution in [1.29, 1.82) is 0 Å². The first kappa shape index (κ1) is 10.9. The molecule has 0 aromatic carbocycles. The topological polar surface area (TPSA) is 43.4 Å². The zero-order chi connectivity index (χ0) is 11.5. The molecule has 84 valence electrons. The van der Waals surface area contributed by atoms with Crippen LogP contribution in [0.25, 0.3) is 0 Å². The summed E-state index contributed by atoms with van der Waals surface area (Å²) in [4.78, 5) is 23.4. The van der Waals surface area contributed by atoms with Crippen molar-refractivity contribution in [2.45, 2.75) is 25.7 Å². The first-order valence-corrected chi connectivity index (χ1v) is 5.44. The Morgan fingerprint density at radius 3 is 2.88 bits per heavy atom. The summed E-state index contributed by atoms with van der Waals surface area (Å²) in [5.41, 5.74) is 2.21. The third-order valence-corrected chi connectivity index (χ3v) is 2.98. The Labute approximate surface area is 94.5 Å². The smallest absolute Gasteiger partial charge is 0.338 e. The number of rotatable bonds is 1. The van der Waals surface area contributed by atoms with Gasteiger partial charge in [0.2, 0.25) is 0 Å². The van der Waals surface area contributed by atoms with E-state index in [4.69, 9.17) is 4.74 Å². The quantitative estimate of drug-likeness (QED) is 0.633. The lowest BCUT2D eigenvalue weighted by atomic mass is 9.85. The second-order valence-electron chi connectivity index (χ2n) is 3.94. The fraction of sp³-hybridized carbons (Fsp3) is 0.385. The molecule has 0 atom stereocenters. The van der Waals surface area contributed by atoms with Crippen LogP contribution in [0.15, 0.2) is 34.9 Å². The molecule has 2 aliphatic rings. The van der Waals surface area contributed by atoms with E-state index in [0.717, 1.165) is 24.0 Å².